The smallest absolute Gasteiger partial charge is 0.255 e. The molecule has 12 heteroatoms. The molecular weight excluding hydrogens is 531 g/mol. The van der Waals surface area contributed by atoms with E-state index in [1.54, 1.807) is 13.1 Å². The molecule has 1 heterocycles. The zero-order valence-electron chi connectivity index (χ0n) is 19.9. The first-order valence-corrected chi connectivity index (χ1v) is 13.4. The van der Waals surface area contributed by atoms with Crippen LogP contribution in [-0.2, 0) is 15.4 Å². The second-order valence-electron chi connectivity index (χ2n) is 9.59. The Kier molecular flexibility index (Phi) is 7.42. The van der Waals surface area contributed by atoms with E-state index in [1.165, 1.54) is 18.3 Å². The molecule has 198 valence electrons. The van der Waals surface area contributed by atoms with Gasteiger partial charge < -0.3 is 15.4 Å². The molecule has 0 aliphatic heterocycles. The molecule has 7 nitrogen and oxygen atoms in total. The first-order chi connectivity index (χ1) is 17.3. The number of aromatic amines is 1. The largest absolute Gasteiger partial charge is 0.382 e. The molecule has 37 heavy (non-hydrogen) atoms. The number of imidazole rings is 1. The standard InChI is InChI=1S/C25H25ClF3N3O4S/c1-13-3-4-15(12-25(2,34)24-30-7-8-31-24)22(13)37(35,36)20-9-14(5-6-17(20)26)23(33)32-16-10-18(27)21(29)19(28)11-16/h5-11,13,15,22,34H,3-4,12H2,1-2H3,(H,30,31)(H,32,33)/t13?,15-,22?,25-/m0/s1. The molecule has 3 aromatic rings. The number of aromatic nitrogens is 2. The minimum atomic E-state index is -4.08. The van der Waals surface area contributed by atoms with Gasteiger partial charge in [0.1, 0.15) is 11.4 Å². The molecule has 0 bridgehead atoms. The maximum atomic E-state index is 13.8. The number of carbonyl (C=O) groups is 1. The van der Waals surface area contributed by atoms with Crippen LogP contribution in [0.5, 0.6) is 0 Å². The molecule has 2 aromatic carbocycles. The molecule has 1 fully saturated rings. The van der Waals surface area contributed by atoms with Gasteiger partial charge in [0.2, 0.25) is 0 Å². The van der Waals surface area contributed by atoms with E-state index in [0.29, 0.717) is 30.8 Å². The Morgan fingerprint density at radius 2 is 1.89 bits per heavy atom. The van der Waals surface area contributed by atoms with Gasteiger partial charge in [-0.2, -0.15) is 0 Å². The minimum Gasteiger partial charge on any atom is -0.382 e. The number of hydrogen-bond acceptors (Lipinski definition) is 5. The molecule has 0 saturated heterocycles. The number of aliphatic hydroxyl groups is 1. The molecule has 1 amide bonds. The van der Waals surface area contributed by atoms with E-state index in [1.807, 2.05) is 6.92 Å². The molecule has 1 saturated carbocycles. The molecule has 0 radical (unpaired) electrons. The Labute approximate surface area is 217 Å². The summed E-state index contributed by atoms with van der Waals surface area (Å²) in [7, 11) is -4.08. The van der Waals surface area contributed by atoms with Crippen LogP contribution >= 0.6 is 11.6 Å². The van der Waals surface area contributed by atoms with Crippen molar-refractivity contribution in [3.63, 3.8) is 0 Å². The summed E-state index contributed by atoms with van der Waals surface area (Å²) >= 11 is 6.28. The van der Waals surface area contributed by atoms with Crippen LogP contribution in [0.25, 0.3) is 0 Å². The van der Waals surface area contributed by atoms with Crippen molar-refractivity contribution in [3.05, 3.63) is 76.6 Å². The highest BCUT2D eigenvalue weighted by atomic mass is 35.5. The van der Waals surface area contributed by atoms with E-state index >= 15 is 0 Å². The normalized spacial score (nSPS) is 21.5. The second kappa shape index (κ2) is 10.1. The maximum Gasteiger partial charge on any atom is 0.255 e. The van der Waals surface area contributed by atoms with Crippen LogP contribution in [0.2, 0.25) is 5.02 Å². The molecule has 3 N–H and O–H groups in total. The number of carbonyl (C=O) groups excluding carboxylic acids is 1. The van der Waals surface area contributed by atoms with Crippen molar-refractivity contribution in [2.24, 2.45) is 11.8 Å². The van der Waals surface area contributed by atoms with E-state index in [-0.39, 0.29) is 33.5 Å². The van der Waals surface area contributed by atoms with Crippen LogP contribution in [-0.4, -0.2) is 34.6 Å². The highest BCUT2D eigenvalue weighted by Gasteiger charge is 2.46. The lowest BCUT2D eigenvalue weighted by molar-refractivity contribution is 0.0228. The molecule has 1 aliphatic rings. The third-order valence-corrected chi connectivity index (χ3v) is 9.74. The van der Waals surface area contributed by atoms with Crippen LogP contribution in [0.1, 0.15) is 49.3 Å². The zero-order valence-corrected chi connectivity index (χ0v) is 21.5. The van der Waals surface area contributed by atoms with Crippen molar-refractivity contribution in [1.82, 2.24) is 9.97 Å². The number of nitrogens with one attached hydrogen (secondary N) is 2. The van der Waals surface area contributed by atoms with Crippen LogP contribution in [0.4, 0.5) is 18.9 Å². The Morgan fingerprint density at radius 1 is 1.22 bits per heavy atom. The third-order valence-electron chi connectivity index (χ3n) is 6.79. The van der Waals surface area contributed by atoms with E-state index in [4.69, 9.17) is 11.6 Å². The topological polar surface area (TPSA) is 112 Å². The van der Waals surface area contributed by atoms with Crippen LogP contribution in [0.15, 0.2) is 47.6 Å². The summed E-state index contributed by atoms with van der Waals surface area (Å²) in [6.45, 7) is 3.38. The number of hydrogen-bond donors (Lipinski definition) is 3. The van der Waals surface area contributed by atoms with Crippen molar-refractivity contribution >= 4 is 33.0 Å². The molecule has 0 spiro atoms. The number of anilines is 1. The van der Waals surface area contributed by atoms with E-state index in [9.17, 15) is 31.5 Å². The molecular formula is C25H25ClF3N3O4S. The van der Waals surface area contributed by atoms with Gasteiger partial charge in [0.05, 0.1) is 15.2 Å². The van der Waals surface area contributed by atoms with Crippen LogP contribution in [0.3, 0.4) is 0 Å². The lowest BCUT2D eigenvalue weighted by Gasteiger charge is -2.29. The van der Waals surface area contributed by atoms with Gasteiger partial charge in [0.25, 0.3) is 5.91 Å². The Bertz CT molecular complexity index is 1410. The lowest BCUT2D eigenvalue weighted by atomic mass is 9.89. The summed E-state index contributed by atoms with van der Waals surface area (Å²) in [5.74, 6) is -5.85. The molecule has 1 aromatic heterocycles. The van der Waals surface area contributed by atoms with Crippen molar-refractivity contribution in [2.45, 2.75) is 48.9 Å². The summed E-state index contributed by atoms with van der Waals surface area (Å²) < 4.78 is 68.0. The SMILES string of the molecule is CC1CC[C@@H](C[C@](C)(O)c2ncc[nH]2)C1S(=O)(=O)c1cc(C(=O)Nc2cc(F)c(F)c(F)c2)ccc1Cl. The van der Waals surface area contributed by atoms with Crippen molar-refractivity contribution < 1.29 is 31.5 Å². The van der Waals surface area contributed by atoms with Crippen LogP contribution < -0.4 is 5.32 Å². The zero-order chi connectivity index (χ0) is 27.1. The Hall–Kier alpha value is -2.89. The number of nitrogens with zero attached hydrogens (tertiary/aromatic N) is 1. The summed E-state index contributed by atoms with van der Waals surface area (Å²) in [5, 5.41) is 12.3. The first-order valence-electron chi connectivity index (χ1n) is 11.5. The Balaban J connectivity index is 1.63. The quantitative estimate of drug-likeness (QED) is 0.346. The number of sulfone groups is 1. The fourth-order valence-electron chi connectivity index (χ4n) is 5.05. The third kappa shape index (κ3) is 5.39. The molecule has 1 aliphatic carbocycles. The summed E-state index contributed by atoms with van der Waals surface area (Å²) in [5.41, 5.74) is -1.86. The average molecular weight is 556 g/mol. The van der Waals surface area contributed by atoms with Gasteiger partial charge in [-0.15, -0.1) is 0 Å². The van der Waals surface area contributed by atoms with Gasteiger partial charge in [0, 0.05) is 35.8 Å². The molecule has 4 rings (SSSR count). The van der Waals surface area contributed by atoms with Crippen molar-refractivity contribution in [3.8, 4) is 0 Å². The van der Waals surface area contributed by atoms with Gasteiger partial charge in [-0.1, -0.05) is 18.5 Å². The first kappa shape index (κ1) is 27.2. The monoisotopic (exact) mass is 555 g/mol. The summed E-state index contributed by atoms with van der Waals surface area (Å²) in [6, 6.07) is 4.85. The lowest BCUT2D eigenvalue weighted by Crippen LogP contribution is -2.35. The van der Waals surface area contributed by atoms with Gasteiger partial charge in [-0.05, 0) is 56.2 Å². The number of amides is 1. The number of benzene rings is 2. The fraction of sp³-hybridized carbons (Fsp3) is 0.360. The second-order valence-corrected chi connectivity index (χ2v) is 12.1. The van der Waals surface area contributed by atoms with E-state index < -0.39 is 50.0 Å². The highest BCUT2D eigenvalue weighted by molar-refractivity contribution is 7.92. The molecule has 4 atom stereocenters. The predicted molar refractivity (Wildman–Crippen MR) is 131 cm³/mol. The summed E-state index contributed by atoms with van der Waals surface area (Å²) in [6.07, 6.45) is 4.37. The number of halogens is 4. The van der Waals surface area contributed by atoms with Crippen molar-refractivity contribution in [1.29, 1.82) is 0 Å². The maximum absolute atomic E-state index is 13.8. The van der Waals surface area contributed by atoms with Crippen molar-refractivity contribution in [2.75, 3.05) is 5.32 Å². The number of rotatable bonds is 7. The Morgan fingerprint density at radius 3 is 2.51 bits per heavy atom. The molecule has 2 unspecified atom stereocenters. The van der Waals surface area contributed by atoms with Gasteiger partial charge >= 0.3 is 0 Å². The van der Waals surface area contributed by atoms with Crippen LogP contribution in [0, 0.1) is 29.3 Å². The van der Waals surface area contributed by atoms with E-state index in [0.717, 1.165) is 6.07 Å². The minimum absolute atomic E-state index is 0.0916. The number of H-pyrrole nitrogens is 1. The average Bonchev–Trinajstić information content (AvgIpc) is 3.48. The van der Waals surface area contributed by atoms with Gasteiger partial charge in [-0.3, -0.25) is 4.79 Å². The van der Waals surface area contributed by atoms with E-state index in [2.05, 4.69) is 15.3 Å². The van der Waals surface area contributed by atoms with Gasteiger partial charge in [0.15, 0.2) is 27.3 Å². The fourth-order valence-corrected chi connectivity index (χ4v) is 7.91. The van der Waals surface area contributed by atoms with Gasteiger partial charge in [-0.25, -0.2) is 26.6 Å². The predicted octanol–water partition coefficient (Wildman–Crippen LogP) is 5.22. The highest BCUT2D eigenvalue weighted by Crippen LogP contribution is 2.45. The summed E-state index contributed by atoms with van der Waals surface area (Å²) in [4.78, 5) is 19.4.